The molecule has 0 heterocycles. The Bertz CT molecular complexity index is 137. The van der Waals surface area contributed by atoms with Crippen molar-refractivity contribution in [2.75, 3.05) is 28.2 Å². The zero-order valence-electron chi connectivity index (χ0n) is 12.5. The molecule has 1 atom stereocenters. The van der Waals surface area contributed by atoms with Crippen LogP contribution >= 0.6 is 0 Å². The summed E-state index contributed by atoms with van der Waals surface area (Å²) in [5.41, 5.74) is 0. The number of hydrogen-bond donors (Lipinski definition) is 0. The van der Waals surface area contributed by atoms with E-state index in [0.29, 0.717) is 6.04 Å². The Balaban J connectivity index is -0.000000240. The van der Waals surface area contributed by atoms with E-state index in [-0.39, 0.29) is 7.43 Å². The van der Waals surface area contributed by atoms with Crippen molar-refractivity contribution in [1.82, 2.24) is 0 Å². The molecular weight excluding hydrogens is 249 g/mol. The van der Waals surface area contributed by atoms with Gasteiger partial charge in [-0.15, -0.1) is 6.04 Å². The zero-order chi connectivity index (χ0) is 12.8. The van der Waals surface area contributed by atoms with Crippen molar-refractivity contribution in [2.24, 2.45) is 9.71 Å². The second-order valence-corrected chi connectivity index (χ2v) is 4.77. The first-order valence-electron chi connectivity index (χ1n) is 5.96. The minimum absolute atomic E-state index is 0. The van der Waals surface area contributed by atoms with Crippen molar-refractivity contribution in [1.29, 1.82) is 0 Å². The van der Waals surface area contributed by atoms with Crippen molar-refractivity contribution >= 4 is 0 Å². The first kappa shape index (κ1) is 22.5. The molecule has 1 rings (SSSR count). The van der Waals surface area contributed by atoms with Gasteiger partial charge in [0.25, 0.3) is 0 Å². The fraction of sp³-hybridized carbons (Fsp3) is 0.923. The average molecular weight is 279 g/mol. The van der Waals surface area contributed by atoms with Gasteiger partial charge in [0.1, 0.15) is 0 Å². The van der Waals surface area contributed by atoms with Crippen molar-refractivity contribution < 1.29 is 17.2 Å². The van der Waals surface area contributed by atoms with Crippen LogP contribution in [0.25, 0.3) is 10.6 Å². The van der Waals surface area contributed by atoms with Crippen LogP contribution < -0.4 is 0 Å². The standard InChI is InChI=1S/C9H18N.C2H6N.CH3N.CH3.V/c1-8(10-2)7-9-5-3-4-6-9;1-3-2;1-2;;/h8-9H,3-7H2,1-2H3;1-2H3;1H3;1H3;/q2*-1;;-1;. The van der Waals surface area contributed by atoms with E-state index in [4.69, 9.17) is 0 Å². The normalized spacial score (nSPS) is 15.5. The molecular formula is C13H30N3V-3. The molecule has 0 bridgehead atoms. The van der Waals surface area contributed by atoms with Crippen LogP contribution in [-0.2, 0) is 17.2 Å². The van der Waals surface area contributed by atoms with Crippen molar-refractivity contribution in [3.63, 3.8) is 0 Å². The minimum Gasteiger partial charge on any atom is -0.358 e. The van der Waals surface area contributed by atoms with E-state index in [1.165, 1.54) is 32.1 Å². The van der Waals surface area contributed by atoms with Crippen LogP contribution in [0.2, 0.25) is 0 Å². The van der Waals surface area contributed by atoms with Gasteiger partial charge in [-0.05, 0) is 5.92 Å². The second-order valence-electron chi connectivity index (χ2n) is 4.14. The zero-order valence-corrected chi connectivity index (χ0v) is 13.9. The van der Waals surface area contributed by atoms with Crippen LogP contribution in [0, 0.1) is 13.3 Å². The Hall–Kier alpha value is 0.304. The third kappa shape index (κ3) is 18.8. The molecule has 4 heteroatoms. The second kappa shape index (κ2) is 18.7. The summed E-state index contributed by atoms with van der Waals surface area (Å²) < 4.78 is 3.44. The third-order valence-electron chi connectivity index (χ3n) is 2.59. The SMILES string of the molecule is C[N-]C.C[N-]C(C)CC1CCCC1.C[N]=[V].[CH3-]. The van der Waals surface area contributed by atoms with Crippen molar-refractivity contribution in [3.8, 4) is 0 Å². The average Bonchev–Trinajstić information content (AvgIpc) is 2.73. The van der Waals surface area contributed by atoms with E-state index in [1.807, 2.05) is 7.05 Å². The molecule has 0 aromatic heterocycles. The van der Waals surface area contributed by atoms with Gasteiger partial charge in [0.05, 0.1) is 0 Å². The van der Waals surface area contributed by atoms with Gasteiger partial charge >= 0.3 is 28.1 Å². The molecule has 0 N–H and O–H groups in total. The summed E-state index contributed by atoms with van der Waals surface area (Å²) in [4.78, 5) is 0. The van der Waals surface area contributed by atoms with Gasteiger partial charge in [0.15, 0.2) is 0 Å². The van der Waals surface area contributed by atoms with Gasteiger partial charge in [0, 0.05) is 0 Å². The Morgan fingerprint density at radius 1 is 1.24 bits per heavy atom. The molecule has 1 fully saturated rings. The molecule has 0 aromatic carbocycles. The van der Waals surface area contributed by atoms with Crippen LogP contribution in [0.4, 0.5) is 0 Å². The van der Waals surface area contributed by atoms with Crippen LogP contribution in [0.1, 0.15) is 39.0 Å². The summed E-state index contributed by atoms with van der Waals surface area (Å²) in [6.45, 7) is 2.22. The number of hydrogen-bond acceptors (Lipinski definition) is 1. The Morgan fingerprint density at radius 3 is 1.88 bits per heavy atom. The molecule has 1 aliphatic rings. The molecule has 17 heavy (non-hydrogen) atoms. The van der Waals surface area contributed by atoms with Crippen molar-refractivity contribution in [3.05, 3.63) is 18.1 Å². The van der Waals surface area contributed by atoms with Gasteiger partial charge in [-0.2, -0.15) is 21.1 Å². The van der Waals surface area contributed by atoms with Gasteiger partial charge in [-0.1, -0.05) is 39.0 Å². The Labute approximate surface area is 118 Å². The molecule has 0 amide bonds. The van der Waals surface area contributed by atoms with E-state index < -0.39 is 0 Å². The van der Waals surface area contributed by atoms with E-state index in [0.717, 1.165) is 5.92 Å². The molecule has 105 valence electrons. The van der Waals surface area contributed by atoms with Crippen LogP contribution in [0.15, 0.2) is 3.79 Å². The van der Waals surface area contributed by atoms with Crippen LogP contribution in [-0.4, -0.2) is 34.2 Å². The topological polar surface area (TPSA) is 40.6 Å². The Kier molecular flexibility index (Phi) is 24.7. The predicted molar refractivity (Wildman–Crippen MR) is 75.3 cm³/mol. The fourth-order valence-corrected chi connectivity index (χ4v) is 1.83. The largest absolute Gasteiger partial charge is 0.358 e. The quantitative estimate of drug-likeness (QED) is 0.688. The van der Waals surface area contributed by atoms with E-state index in [2.05, 4.69) is 38.6 Å². The number of rotatable bonds is 3. The summed E-state index contributed by atoms with van der Waals surface area (Å²) in [5.74, 6) is 0.999. The smallest absolute Gasteiger partial charge is 0.358 e. The molecule has 3 nitrogen and oxygen atoms in total. The summed E-state index contributed by atoms with van der Waals surface area (Å²) in [5, 5.41) is 7.75. The molecule has 0 spiro atoms. The van der Waals surface area contributed by atoms with Crippen molar-refractivity contribution in [2.45, 2.75) is 45.1 Å². The molecule has 1 saturated carbocycles. The molecule has 1 aliphatic carbocycles. The molecule has 0 aliphatic heterocycles. The molecule has 0 radical (unpaired) electrons. The first-order valence-corrected chi connectivity index (χ1v) is 6.58. The summed E-state index contributed by atoms with van der Waals surface area (Å²) in [6, 6.07) is 0.600. The molecule has 1 unspecified atom stereocenters. The Morgan fingerprint density at radius 2 is 1.59 bits per heavy atom. The van der Waals surface area contributed by atoms with Gasteiger partial charge < -0.3 is 18.1 Å². The maximum atomic E-state index is 4.25. The van der Waals surface area contributed by atoms with E-state index in [9.17, 15) is 0 Å². The summed E-state index contributed by atoms with van der Waals surface area (Å²) in [6.07, 6.45) is 7.17. The molecule has 0 saturated heterocycles. The maximum absolute atomic E-state index is 4.25. The van der Waals surface area contributed by atoms with Crippen LogP contribution in [0.3, 0.4) is 0 Å². The summed E-state index contributed by atoms with van der Waals surface area (Å²) >= 11 is 2.09. The van der Waals surface area contributed by atoms with Gasteiger partial charge in [-0.3, -0.25) is 0 Å². The predicted octanol–water partition coefficient (Wildman–Crippen LogP) is 4.38. The van der Waals surface area contributed by atoms with E-state index in [1.54, 1.807) is 21.1 Å². The van der Waals surface area contributed by atoms with Gasteiger partial charge in [0.2, 0.25) is 0 Å². The third-order valence-corrected chi connectivity index (χ3v) is 2.59. The monoisotopic (exact) mass is 279 g/mol. The van der Waals surface area contributed by atoms with Gasteiger partial charge in [-0.25, -0.2) is 0 Å². The van der Waals surface area contributed by atoms with Crippen LogP contribution in [0.5, 0.6) is 0 Å². The first-order chi connectivity index (χ1) is 7.65. The fourth-order valence-electron chi connectivity index (χ4n) is 1.83. The number of nitrogens with zero attached hydrogens (tertiary/aromatic N) is 3. The van der Waals surface area contributed by atoms with E-state index >= 15 is 0 Å². The molecule has 0 aromatic rings. The summed E-state index contributed by atoms with van der Waals surface area (Å²) in [7, 11) is 7.15. The minimum atomic E-state index is 0. The maximum Gasteiger partial charge on any atom is -0.358 e.